The highest BCUT2D eigenvalue weighted by atomic mass is 35.5. The molecule has 0 unspecified atom stereocenters. The first-order chi connectivity index (χ1) is 8.24. The standard InChI is InChI=1S/C12H9ClN4.ClH/c13-9-6-11-12(7-10(9)14)16-17(15-11)8-4-2-1-3-5-8;/h1-7H,14H2;1H. The minimum absolute atomic E-state index is 0. The van der Waals surface area contributed by atoms with Gasteiger partial charge in [0.15, 0.2) is 0 Å². The highest BCUT2D eigenvalue weighted by molar-refractivity contribution is 6.33. The van der Waals surface area contributed by atoms with Crippen molar-refractivity contribution in [1.29, 1.82) is 0 Å². The summed E-state index contributed by atoms with van der Waals surface area (Å²) in [6.07, 6.45) is 0. The van der Waals surface area contributed by atoms with Gasteiger partial charge in [-0.3, -0.25) is 0 Å². The predicted molar refractivity (Wildman–Crippen MR) is 75.5 cm³/mol. The predicted octanol–water partition coefficient (Wildman–Crippen LogP) is 3.08. The number of anilines is 1. The third-order valence-electron chi connectivity index (χ3n) is 2.49. The second-order valence-electron chi connectivity index (χ2n) is 3.69. The van der Waals surface area contributed by atoms with E-state index in [1.165, 1.54) is 0 Å². The van der Waals surface area contributed by atoms with Gasteiger partial charge in [-0.15, -0.1) is 22.6 Å². The van der Waals surface area contributed by atoms with E-state index < -0.39 is 0 Å². The molecule has 0 radical (unpaired) electrons. The maximum atomic E-state index is 5.94. The molecule has 3 aromatic rings. The van der Waals surface area contributed by atoms with Crippen LogP contribution in [0.25, 0.3) is 16.7 Å². The van der Waals surface area contributed by atoms with E-state index in [-0.39, 0.29) is 12.4 Å². The van der Waals surface area contributed by atoms with E-state index in [1.807, 2.05) is 30.3 Å². The number of nitrogen functional groups attached to an aromatic ring is 1. The molecule has 0 saturated heterocycles. The summed E-state index contributed by atoms with van der Waals surface area (Å²) < 4.78 is 0. The summed E-state index contributed by atoms with van der Waals surface area (Å²) in [5.41, 5.74) is 8.60. The maximum absolute atomic E-state index is 5.94. The zero-order valence-electron chi connectivity index (χ0n) is 9.25. The van der Waals surface area contributed by atoms with Gasteiger partial charge in [-0.25, -0.2) is 0 Å². The molecule has 18 heavy (non-hydrogen) atoms. The molecular weight excluding hydrogens is 271 g/mol. The highest BCUT2D eigenvalue weighted by Crippen LogP contribution is 2.24. The molecule has 92 valence electrons. The largest absolute Gasteiger partial charge is 0.397 e. The van der Waals surface area contributed by atoms with Gasteiger partial charge in [0.05, 0.1) is 16.4 Å². The van der Waals surface area contributed by atoms with Crippen LogP contribution >= 0.6 is 24.0 Å². The lowest BCUT2D eigenvalue weighted by atomic mass is 10.3. The summed E-state index contributed by atoms with van der Waals surface area (Å²) in [7, 11) is 0. The molecule has 0 atom stereocenters. The number of nitrogens with zero attached hydrogens (tertiary/aromatic N) is 3. The fourth-order valence-corrected chi connectivity index (χ4v) is 1.79. The molecule has 0 amide bonds. The van der Waals surface area contributed by atoms with Crippen molar-refractivity contribution >= 4 is 40.7 Å². The highest BCUT2D eigenvalue weighted by Gasteiger charge is 2.07. The molecular formula is C12H10Cl2N4. The Labute approximate surface area is 115 Å². The topological polar surface area (TPSA) is 56.7 Å². The molecule has 4 nitrogen and oxygen atoms in total. The van der Waals surface area contributed by atoms with Crippen molar-refractivity contribution in [1.82, 2.24) is 15.0 Å². The number of hydrogen-bond acceptors (Lipinski definition) is 3. The third kappa shape index (κ3) is 2.12. The van der Waals surface area contributed by atoms with E-state index in [4.69, 9.17) is 17.3 Å². The first-order valence-electron chi connectivity index (χ1n) is 5.11. The zero-order valence-corrected chi connectivity index (χ0v) is 10.8. The Morgan fingerprint density at radius 2 is 1.61 bits per heavy atom. The fraction of sp³-hybridized carbons (Fsp3) is 0. The Kier molecular flexibility index (Phi) is 3.41. The van der Waals surface area contributed by atoms with Crippen LogP contribution in [0.4, 0.5) is 5.69 Å². The van der Waals surface area contributed by atoms with Gasteiger partial charge >= 0.3 is 0 Å². The summed E-state index contributed by atoms with van der Waals surface area (Å²) in [5.74, 6) is 0. The molecule has 0 aliphatic heterocycles. The Hall–Kier alpha value is -1.78. The Morgan fingerprint density at radius 3 is 2.28 bits per heavy atom. The van der Waals surface area contributed by atoms with Gasteiger partial charge < -0.3 is 5.73 Å². The molecule has 0 saturated carbocycles. The zero-order chi connectivity index (χ0) is 11.8. The van der Waals surface area contributed by atoms with E-state index in [0.717, 1.165) is 16.7 Å². The van der Waals surface area contributed by atoms with E-state index in [2.05, 4.69) is 10.2 Å². The van der Waals surface area contributed by atoms with Crippen LogP contribution in [0.15, 0.2) is 42.5 Å². The lowest BCUT2D eigenvalue weighted by Crippen LogP contribution is -1.97. The summed E-state index contributed by atoms with van der Waals surface area (Å²) in [6.45, 7) is 0. The Bertz CT molecular complexity index is 640. The first kappa shape index (κ1) is 12.7. The molecule has 2 aromatic carbocycles. The minimum Gasteiger partial charge on any atom is -0.397 e. The molecule has 0 bridgehead atoms. The molecule has 0 aliphatic carbocycles. The molecule has 1 aromatic heterocycles. The first-order valence-corrected chi connectivity index (χ1v) is 5.49. The molecule has 1 heterocycles. The number of para-hydroxylation sites is 1. The van der Waals surface area contributed by atoms with Crippen LogP contribution in [0.1, 0.15) is 0 Å². The van der Waals surface area contributed by atoms with Crippen molar-refractivity contribution in [2.75, 3.05) is 5.73 Å². The maximum Gasteiger partial charge on any atom is 0.115 e. The van der Waals surface area contributed by atoms with E-state index in [9.17, 15) is 0 Å². The second kappa shape index (κ2) is 4.84. The molecule has 0 fully saturated rings. The van der Waals surface area contributed by atoms with E-state index >= 15 is 0 Å². The number of hydrogen-bond donors (Lipinski definition) is 1. The monoisotopic (exact) mass is 280 g/mol. The van der Waals surface area contributed by atoms with Crippen LogP contribution in [0.2, 0.25) is 5.02 Å². The average Bonchev–Trinajstić information content (AvgIpc) is 2.74. The summed E-state index contributed by atoms with van der Waals surface area (Å²) in [5, 5.41) is 9.20. The van der Waals surface area contributed by atoms with Crippen LogP contribution in [-0.2, 0) is 0 Å². The van der Waals surface area contributed by atoms with Crippen LogP contribution < -0.4 is 5.73 Å². The normalized spacial score (nSPS) is 10.3. The molecule has 0 spiro atoms. The minimum atomic E-state index is 0. The molecule has 6 heteroatoms. The Morgan fingerprint density at radius 1 is 1.00 bits per heavy atom. The van der Waals surface area contributed by atoms with Crippen LogP contribution in [0.3, 0.4) is 0 Å². The summed E-state index contributed by atoms with van der Waals surface area (Å²) in [6, 6.07) is 13.1. The van der Waals surface area contributed by atoms with E-state index in [0.29, 0.717) is 10.7 Å². The second-order valence-corrected chi connectivity index (χ2v) is 4.09. The number of nitrogens with two attached hydrogens (primary N) is 1. The van der Waals surface area contributed by atoms with Crippen molar-refractivity contribution in [3.05, 3.63) is 47.5 Å². The van der Waals surface area contributed by atoms with Gasteiger partial charge in [0.1, 0.15) is 11.0 Å². The third-order valence-corrected chi connectivity index (χ3v) is 2.81. The SMILES string of the molecule is Cl.Nc1cc2nn(-c3ccccc3)nc2cc1Cl. The van der Waals surface area contributed by atoms with Gasteiger partial charge in [-0.1, -0.05) is 29.8 Å². The van der Waals surface area contributed by atoms with Gasteiger partial charge in [0, 0.05) is 0 Å². The van der Waals surface area contributed by atoms with Crippen LogP contribution in [-0.4, -0.2) is 15.0 Å². The Balaban J connectivity index is 0.00000120. The van der Waals surface area contributed by atoms with E-state index in [1.54, 1.807) is 16.9 Å². The quantitative estimate of drug-likeness (QED) is 0.697. The van der Waals surface area contributed by atoms with Crippen molar-refractivity contribution in [3.63, 3.8) is 0 Å². The number of halogens is 2. The number of rotatable bonds is 1. The molecule has 2 N–H and O–H groups in total. The van der Waals surface area contributed by atoms with Crippen molar-refractivity contribution in [2.45, 2.75) is 0 Å². The average molecular weight is 281 g/mol. The number of aromatic nitrogens is 3. The molecule has 0 aliphatic rings. The van der Waals surface area contributed by atoms with Crippen LogP contribution in [0.5, 0.6) is 0 Å². The van der Waals surface area contributed by atoms with Crippen molar-refractivity contribution < 1.29 is 0 Å². The van der Waals surface area contributed by atoms with Gasteiger partial charge in [-0.05, 0) is 24.3 Å². The van der Waals surface area contributed by atoms with Crippen molar-refractivity contribution in [3.8, 4) is 5.69 Å². The van der Waals surface area contributed by atoms with Crippen LogP contribution in [0, 0.1) is 0 Å². The van der Waals surface area contributed by atoms with Crippen molar-refractivity contribution in [2.24, 2.45) is 0 Å². The smallest absolute Gasteiger partial charge is 0.115 e. The number of benzene rings is 2. The van der Waals surface area contributed by atoms with Gasteiger partial charge in [0.2, 0.25) is 0 Å². The lowest BCUT2D eigenvalue weighted by Gasteiger charge is -1.96. The number of fused-ring (bicyclic) bond motifs is 1. The fourth-order valence-electron chi connectivity index (χ4n) is 1.63. The van der Waals surface area contributed by atoms with Gasteiger partial charge in [-0.2, -0.15) is 4.80 Å². The lowest BCUT2D eigenvalue weighted by molar-refractivity contribution is 0.766. The summed E-state index contributed by atoms with van der Waals surface area (Å²) >= 11 is 5.94. The van der Waals surface area contributed by atoms with Gasteiger partial charge in [0.25, 0.3) is 0 Å². The summed E-state index contributed by atoms with van der Waals surface area (Å²) in [4.78, 5) is 1.57. The molecule has 3 rings (SSSR count).